The van der Waals surface area contributed by atoms with E-state index in [0.717, 1.165) is 29.4 Å². The van der Waals surface area contributed by atoms with Gasteiger partial charge in [0.2, 0.25) is 0 Å². The molecule has 1 nitrogen and oxygen atoms in total. The number of benzene rings is 1. The molecule has 0 bridgehead atoms. The second kappa shape index (κ2) is 8.76. The van der Waals surface area contributed by atoms with Gasteiger partial charge in [0.1, 0.15) is 0 Å². The zero-order chi connectivity index (χ0) is 14.3. The van der Waals surface area contributed by atoms with Crippen molar-refractivity contribution in [1.29, 1.82) is 0 Å². The highest BCUT2D eigenvalue weighted by atomic mass is 79.9. The molecule has 1 atom stereocenters. The van der Waals surface area contributed by atoms with Gasteiger partial charge < -0.3 is 5.32 Å². The first-order valence-electron chi connectivity index (χ1n) is 7.45. The molecule has 0 aliphatic heterocycles. The van der Waals surface area contributed by atoms with Gasteiger partial charge in [-0.25, -0.2) is 0 Å². The molecule has 0 heterocycles. The molecule has 0 radical (unpaired) electrons. The molecule has 1 aromatic carbocycles. The summed E-state index contributed by atoms with van der Waals surface area (Å²) in [6, 6.07) is 8.82. The largest absolute Gasteiger partial charge is 0.316 e. The SMILES string of the molecule is CC(C)CCC(CNCC(C)C)c1ccc(Br)cc1. The average Bonchev–Trinajstić information content (AvgIpc) is 2.34. The normalized spacial score (nSPS) is 13.2. The Labute approximate surface area is 127 Å². The van der Waals surface area contributed by atoms with Crippen molar-refractivity contribution >= 4 is 15.9 Å². The fraction of sp³-hybridized carbons (Fsp3) is 0.647. The van der Waals surface area contributed by atoms with E-state index in [1.54, 1.807) is 0 Å². The first-order chi connectivity index (χ1) is 8.99. The second-order valence-electron chi connectivity index (χ2n) is 6.27. The van der Waals surface area contributed by atoms with Crippen LogP contribution in [0.2, 0.25) is 0 Å². The molecule has 19 heavy (non-hydrogen) atoms. The number of halogens is 1. The highest BCUT2D eigenvalue weighted by molar-refractivity contribution is 9.10. The summed E-state index contributed by atoms with van der Waals surface area (Å²) in [4.78, 5) is 0. The third-order valence-electron chi connectivity index (χ3n) is 3.38. The molecule has 1 rings (SSSR count). The van der Waals surface area contributed by atoms with E-state index in [9.17, 15) is 0 Å². The van der Waals surface area contributed by atoms with Crippen LogP contribution in [0.3, 0.4) is 0 Å². The molecule has 2 heteroatoms. The Hall–Kier alpha value is -0.340. The van der Waals surface area contributed by atoms with Gasteiger partial charge in [0.25, 0.3) is 0 Å². The minimum absolute atomic E-state index is 0.634. The van der Waals surface area contributed by atoms with Gasteiger partial charge in [0.15, 0.2) is 0 Å². The van der Waals surface area contributed by atoms with Gasteiger partial charge in [0.05, 0.1) is 0 Å². The zero-order valence-electron chi connectivity index (χ0n) is 12.7. The van der Waals surface area contributed by atoms with E-state index in [1.165, 1.54) is 18.4 Å². The molecular weight excluding hydrogens is 298 g/mol. The Balaban J connectivity index is 2.59. The minimum atomic E-state index is 0.634. The van der Waals surface area contributed by atoms with Crippen molar-refractivity contribution in [2.45, 2.75) is 46.5 Å². The van der Waals surface area contributed by atoms with E-state index >= 15 is 0 Å². The van der Waals surface area contributed by atoms with Crippen LogP contribution in [0, 0.1) is 11.8 Å². The number of nitrogens with one attached hydrogen (secondary N) is 1. The van der Waals surface area contributed by atoms with Gasteiger partial charge in [-0.1, -0.05) is 62.2 Å². The smallest absolute Gasteiger partial charge is 0.0175 e. The summed E-state index contributed by atoms with van der Waals surface area (Å²) in [5.41, 5.74) is 1.46. The molecule has 0 spiro atoms. The minimum Gasteiger partial charge on any atom is -0.316 e. The summed E-state index contributed by atoms with van der Waals surface area (Å²) in [5.74, 6) is 2.13. The first kappa shape index (κ1) is 16.7. The average molecular weight is 326 g/mol. The predicted octanol–water partition coefficient (Wildman–Crippen LogP) is 5.21. The van der Waals surface area contributed by atoms with Crippen LogP contribution in [0.15, 0.2) is 28.7 Å². The quantitative estimate of drug-likeness (QED) is 0.691. The van der Waals surface area contributed by atoms with Crippen LogP contribution in [0.4, 0.5) is 0 Å². The van der Waals surface area contributed by atoms with E-state index in [4.69, 9.17) is 0 Å². The molecule has 0 aliphatic rings. The van der Waals surface area contributed by atoms with E-state index in [1.807, 2.05) is 0 Å². The fourth-order valence-corrected chi connectivity index (χ4v) is 2.47. The third-order valence-corrected chi connectivity index (χ3v) is 3.91. The topological polar surface area (TPSA) is 12.0 Å². The van der Waals surface area contributed by atoms with Crippen LogP contribution < -0.4 is 5.32 Å². The third kappa shape index (κ3) is 7.12. The van der Waals surface area contributed by atoms with E-state index < -0.39 is 0 Å². The molecule has 1 aromatic rings. The Bertz CT molecular complexity index is 343. The van der Waals surface area contributed by atoms with Crippen molar-refractivity contribution < 1.29 is 0 Å². The van der Waals surface area contributed by atoms with E-state index in [-0.39, 0.29) is 0 Å². The lowest BCUT2D eigenvalue weighted by atomic mass is 9.91. The molecule has 1 N–H and O–H groups in total. The second-order valence-corrected chi connectivity index (χ2v) is 7.19. The van der Waals surface area contributed by atoms with Crippen molar-refractivity contribution in [2.24, 2.45) is 11.8 Å². The first-order valence-corrected chi connectivity index (χ1v) is 8.24. The molecule has 0 amide bonds. The van der Waals surface area contributed by atoms with Crippen LogP contribution >= 0.6 is 15.9 Å². The highest BCUT2D eigenvalue weighted by Crippen LogP contribution is 2.24. The maximum Gasteiger partial charge on any atom is 0.0175 e. The van der Waals surface area contributed by atoms with Crippen molar-refractivity contribution in [1.82, 2.24) is 5.32 Å². The fourth-order valence-electron chi connectivity index (χ4n) is 2.20. The van der Waals surface area contributed by atoms with Crippen LogP contribution in [-0.4, -0.2) is 13.1 Å². The number of hydrogen-bond donors (Lipinski definition) is 1. The molecule has 0 fully saturated rings. The molecule has 1 unspecified atom stereocenters. The lowest BCUT2D eigenvalue weighted by molar-refractivity contribution is 0.459. The summed E-state index contributed by atoms with van der Waals surface area (Å²) in [6.45, 7) is 11.3. The van der Waals surface area contributed by atoms with E-state index in [2.05, 4.69) is 73.2 Å². The van der Waals surface area contributed by atoms with E-state index in [0.29, 0.717) is 5.92 Å². The Kier molecular flexibility index (Phi) is 7.70. The maximum absolute atomic E-state index is 3.61. The van der Waals surface area contributed by atoms with Crippen LogP contribution in [0.1, 0.15) is 52.0 Å². The number of rotatable bonds is 8. The molecule has 0 aromatic heterocycles. The van der Waals surface area contributed by atoms with Gasteiger partial charge in [0, 0.05) is 11.0 Å². The van der Waals surface area contributed by atoms with Gasteiger partial charge >= 0.3 is 0 Å². The Morgan fingerprint density at radius 1 is 0.895 bits per heavy atom. The van der Waals surface area contributed by atoms with Gasteiger partial charge in [-0.3, -0.25) is 0 Å². The molecule has 0 saturated heterocycles. The lowest BCUT2D eigenvalue weighted by Crippen LogP contribution is -2.25. The van der Waals surface area contributed by atoms with Gasteiger partial charge in [-0.15, -0.1) is 0 Å². The van der Waals surface area contributed by atoms with Crippen LogP contribution in [0.5, 0.6) is 0 Å². The van der Waals surface area contributed by atoms with Crippen molar-refractivity contribution in [3.05, 3.63) is 34.3 Å². The van der Waals surface area contributed by atoms with Crippen LogP contribution in [0.25, 0.3) is 0 Å². The van der Waals surface area contributed by atoms with Gasteiger partial charge in [-0.2, -0.15) is 0 Å². The van der Waals surface area contributed by atoms with Crippen molar-refractivity contribution in [3.8, 4) is 0 Å². The van der Waals surface area contributed by atoms with Crippen LogP contribution in [-0.2, 0) is 0 Å². The molecule has 0 aliphatic carbocycles. The summed E-state index contributed by atoms with van der Waals surface area (Å²) >= 11 is 3.51. The maximum atomic E-state index is 3.61. The zero-order valence-corrected chi connectivity index (χ0v) is 14.3. The van der Waals surface area contributed by atoms with Crippen molar-refractivity contribution in [2.75, 3.05) is 13.1 Å². The Morgan fingerprint density at radius 2 is 1.53 bits per heavy atom. The van der Waals surface area contributed by atoms with Crippen molar-refractivity contribution in [3.63, 3.8) is 0 Å². The molecule has 0 saturated carbocycles. The van der Waals surface area contributed by atoms with Gasteiger partial charge in [-0.05, 0) is 48.4 Å². The lowest BCUT2D eigenvalue weighted by Gasteiger charge is -2.20. The summed E-state index contributed by atoms with van der Waals surface area (Å²) < 4.78 is 1.16. The molecule has 108 valence electrons. The predicted molar refractivity (Wildman–Crippen MR) is 88.7 cm³/mol. The summed E-state index contributed by atoms with van der Waals surface area (Å²) in [5, 5.41) is 3.61. The summed E-state index contributed by atoms with van der Waals surface area (Å²) in [7, 11) is 0. The monoisotopic (exact) mass is 325 g/mol. The summed E-state index contributed by atoms with van der Waals surface area (Å²) in [6.07, 6.45) is 2.56. The standard InChI is InChI=1S/C17H28BrN/c1-13(2)5-6-16(12-19-11-14(3)4)15-7-9-17(18)10-8-15/h7-10,13-14,16,19H,5-6,11-12H2,1-4H3. The Morgan fingerprint density at radius 3 is 2.05 bits per heavy atom. The highest BCUT2D eigenvalue weighted by Gasteiger charge is 2.12. The molecular formula is C17H28BrN. The number of hydrogen-bond acceptors (Lipinski definition) is 1.